The topological polar surface area (TPSA) is 29.1 Å². The number of aryl methyl sites for hydroxylation is 1. The highest BCUT2D eigenvalue weighted by molar-refractivity contribution is 9.10. The number of amides is 1. The van der Waals surface area contributed by atoms with E-state index in [1.165, 1.54) is 25.7 Å². The molecule has 1 aromatic rings. The zero-order valence-corrected chi connectivity index (χ0v) is 12.2. The van der Waals surface area contributed by atoms with E-state index in [2.05, 4.69) is 21.2 Å². The fraction of sp³-hybridized carbons (Fsp3) is 0.533. The van der Waals surface area contributed by atoms with E-state index in [1.54, 1.807) is 0 Å². The monoisotopic (exact) mass is 307 g/mol. The third-order valence-corrected chi connectivity index (χ3v) is 4.85. The summed E-state index contributed by atoms with van der Waals surface area (Å²) >= 11 is 3.48. The fourth-order valence-corrected chi connectivity index (χ4v) is 2.88. The van der Waals surface area contributed by atoms with E-state index in [0.29, 0.717) is 6.04 Å². The maximum absolute atomic E-state index is 12.3. The van der Waals surface area contributed by atoms with Gasteiger partial charge in [-0.05, 0) is 62.1 Å². The molecule has 1 N–H and O–H groups in total. The molecule has 18 heavy (non-hydrogen) atoms. The Morgan fingerprint density at radius 1 is 1.28 bits per heavy atom. The molecule has 2 aliphatic rings. The Morgan fingerprint density at radius 2 is 1.89 bits per heavy atom. The van der Waals surface area contributed by atoms with Gasteiger partial charge in [-0.3, -0.25) is 4.79 Å². The maximum atomic E-state index is 12.3. The molecule has 96 valence electrons. The van der Waals surface area contributed by atoms with Gasteiger partial charge >= 0.3 is 0 Å². The average molecular weight is 308 g/mol. The Balaban J connectivity index is 1.71. The smallest absolute Gasteiger partial charge is 0.251 e. The van der Waals surface area contributed by atoms with Crippen molar-refractivity contribution in [1.82, 2.24) is 5.32 Å². The van der Waals surface area contributed by atoms with Crippen LogP contribution >= 0.6 is 15.9 Å². The van der Waals surface area contributed by atoms with Crippen LogP contribution in [0.5, 0.6) is 0 Å². The Labute approximate surface area is 116 Å². The van der Waals surface area contributed by atoms with Gasteiger partial charge in [-0.15, -0.1) is 0 Å². The van der Waals surface area contributed by atoms with Crippen LogP contribution in [0, 0.1) is 18.8 Å². The molecule has 0 unspecified atom stereocenters. The van der Waals surface area contributed by atoms with Crippen LogP contribution in [0.3, 0.4) is 0 Å². The number of rotatable bonds is 4. The molecule has 0 aliphatic heterocycles. The molecule has 0 saturated heterocycles. The Bertz CT molecular complexity index is 465. The molecule has 2 nitrogen and oxygen atoms in total. The molecular weight excluding hydrogens is 290 g/mol. The van der Waals surface area contributed by atoms with E-state index in [9.17, 15) is 4.79 Å². The molecule has 3 rings (SSSR count). The van der Waals surface area contributed by atoms with Gasteiger partial charge in [-0.1, -0.05) is 22.0 Å². The van der Waals surface area contributed by atoms with Crippen LogP contribution in [-0.4, -0.2) is 11.9 Å². The van der Waals surface area contributed by atoms with Crippen molar-refractivity contribution in [3.8, 4) is 0 Å². The Hall–Kier alpha value is -0.830. The lowest BCUT2D eigenvalue weighted by atomic mass is 10.1. The molecule has 0 aromatic heterocycles. The van der Waals surface area contributed by atoms with Gasteiger partial charge in [0.25, 0.3) is 5.91 Å². The van der Waals surface area contributed by atoms with Gasteiger partial charge < -0.3 is 5.32 Å². The summed E-state index contributed by atoms with van der Waals surface area (Å²) in [5.41, 5.74) is 1.92. The third kappa shape index (κ3) is 2.61. The maximum Gasteiger partial charge on any atom is 0.251 e. The summed E-state index contributed by atoms with van der Waals surface area (Å²) in [6.07, 6.45) is 5.16. The highest BCUT2D eigenvalue weighted by Crippen LogP contribution is 2.44. The van der Waals surface area contributed by atoms with Gasteiger partial charge in [0.2, 0.25) is 0 Å². The minimum absolute atomic E-state index is 0.0829. The summed E-state index contributed by atoms with van der Waals surface area (Å²) in [7, 11) is 0. The highest BCUT2D eigenvalue weighted by atomic mass is 79.9. The first-order valence-electron chi connectivity index (χ1n) is 6.72. The van der Waals surface area contributed by atoms with Crippen LogP contribution in [0.1, 0.15) is 41.6 Å². The third-order valence-electron chi connectivity index (χ3n) is 3.99. The van der Waals surface area contributed by atoms with Crippen molar-refractivity contribution in [3.63, 3.8) is 0 Å². The number of hydrogen-bond acceptors (Lipinski definition) is 1. The van der Waals surface area contributed by atoms with Crippen LogP contribution in [0.4, 0.5) is 0 Å². The number of hydrogen-bond donors (Lipinski definition) is 1. The second-order valence-corrected chi connectivity index (χ2v) is 6.49. The lowest BCUT2D eigenvalue weighted by Gasteiger charge is -2.17. The average Bonchev–Trinajstić information content (AvgIpc) is 3.22. The molecule has 2 fully saturated rings. The van der Waals surface area contributed by atoms with Crippen LogP contribution in [-0.2, 0) is 0 Å². The summed E-state index contributed by atoms with van der Waals surface area (Å²) in [5, 5.41) is 3.24. The zero-order valence-electron chi connectivity index (χ0n) is 10.6. The summed E-state index contributed by atoms with van der Waals surface area (Å²) in [4.78, 5) is 12.3. The van der Waals surface area contributed by atoms with Crippen molar-refractivity contribution in [3.05, 3.63) is 33.8 Å². The molecule has 2 saturated carbocycles. The van der Waals surface area contributed by atoms with E-state index in [1.807, 2.05) is 25.1 Å². The molecular formula is C15H18BrNO. The van der Waals surface area contributed by atoms with E-state index in [-0.39, 0.29) is 5.91 Å². The first-order valence-corrected chi connectivity index (χ1v) is 7.51. The second kappa shape index (κ2) is 4.69. The number of nitrogens with one attached hydrogen (secondary N) is 1. The Morgan fingerprint density at radius 3 is 2.39 bits per heavy atom. The van der Waals surface area contributed by atoms with Crippen LogP contribution in [0.2, 0.25) is 0 Å². The first-order chi connectivity index (χ1) is 8.65. The van der Waals surface area contributed by atoms with Crippen molar-refractivity contribution in [2.45, 2.75) is 38.6 Å². The molecule has 2 aliphatic carbocycles. The van der Waals surface area contributed by atoms with Crippen molar-refractivity contribution in [2.24, 2.45) is 11.8 Å². The number of carbonyl (C=O) groups excluding carboxylic acids is 1. The van der Waals surface area contributed by atoms with Crippen molar-refractivity contribution in [2.75, 3.05) is 0 Å². The van der Waals surface area contributed by atoms with Gasteiger partial charge in [-0.25, -0.2) is 0 Å². The van der Waals surface area contributed by atoms with Crippen LogP contribution in [0.25, 0.3) is 0 Å². The zero-order chi connectivity index (χ0) is 12.7. The van der Waals surface area contributed by atoms with Gasteiger partial charge in [0.05, 0.1) is 0 Å². The van der Waals surface area contributed by atoms with Crippen LogP contribution < -0.4 is 5.32 Å². The lowest BCUT2D eigenvalue weighted by Crippen LogP contribution is -2.38. The molecule has 0 atom stereocenters. The first kappa shape index (κ1) is 12.2. The van der Waals surface area contributed by atoms with Gasteiger partial charge in [-0.2, -0.15) is 0 Å². The molecule has 3 heteroatoms. The Kier molecular flexibility index (Phi) is 3.18. The highest BCUT2D eigenvalue weighted by Gasteiger charge is 2.42. The molecule has 0 spiro atoms. The fourth-order valence-electron chi connectivity index (χ4n) is 2.50. The minimum Gasteiger partial charge on any atom is -0.349 e. The standard InChI is InChI=1S/C15H18BrNO/c1-9-2-3-12(8-13(9)16)15(18)17-14(10-4-5-10)11-6-7-11/h2-3,8,10-11,14H,4-7H2,1H3,(H,17,18). The van der Waals surface area contributed by atoms with Gasteiger partial charge in [0, 0.05) is 16.1 Å². The van der Waals surface area contributed by atoms with Crippen molar-refractivity contribution in [1.29, 1.82) is 0 Å². The molecule has 0 heterocycles. The summed E-state index contributed by atoms with van der Waals surface area (Å²) < 4.78 is 1.00. The summed E-state index contributed by atoms with van der Waals surface area (Å²) in [5.74, 6) is 1.57. The number of benzene rings is 1. The summed E-state index contributed by atoms with van der Waals surface area (Å²) in [6.45, 7) is 2.03. The number of carbonyl (C=O) groups is 1. The minimum atomic E-state index is 0.0829. The largest absolute Gasteiger partial charge is 0.349 e. The van der Waals surface area contributed by atoms with Crippen molar-refractivity contribution >= 4 is 21.8 Å². The van der Waals surface area contributed by atoms with E-state index in [0.717, 1.165) is 27.4 Å². The van der Waals surface area contributed by atoms with E-state index >= 15 is 0 Å². The normalized spacial score (nSPS) is 19.1. The van der Waals surface area contributed by atoms with E-state index < -0.39 is 0 Å². The quantitative estimate of drug-likeness (QED) is 0.903. The molecule has 1 amide bonds. The molecule has 0 bridgehead atoms. The second-order valence-electron chi connectivity index (χ2n) is 5.64. The van der Waals surface area contributed by atoms with E-state index in [4.69, 9.17) is 0 Å². The molecule has 1 aromatic carbocycles. The SMILES string of the molecule is Cc1ccc(C(=O)NC(C2CC2)C2CC2)cc1Br. The predicted octanol–water partition coefficient (Wildman–Crippen LogP) is 3.68. The van der Waals surface area contributed by atoms with Crippen molar-refractivity contribution < 1.29 is 4.79 Å². The molecule has 0 radical (unpaired) electrons. The predicted molar refractivity (Wildman–Crippen MR) is 75.6 cm³/mol. The summed E-state index contributed by atoms with van der Waals surface area (Å²) in [6, 6.07) is 6.24. The van der Waals surface area contributed by atoms with Gasteiger partial charge in [0.1, 0.15) is 0 Å². The van der Waals surface area contributed by atoms with Gasteiger partial charge in [0.15, 0.2) is 0 Å². The van der Waals surface area contributed by atoms with Crippen LogP contribution in [0.15, 0.2) is 22.7 Å². The lowest BCUT2D eigenvalue weighted by molar-refractivity contribution is 0.0926. The number of halogens is 1.